The minimum absolute atomic E-state index is 0.0947. The van der Waals surface area contributed by atoms with Gasteiger partial charge < -0.3 is 19.6 Å². The van der Waals surface area contributed by atoms with Crippen LogP contribution in [0, 0.1) is 6.92 Å². The van der Waals surface area contributed by atoms with Crippen LogP contribution in [-0.4, -0.2) is 29.1 Å². The highest BCUT2D eigenvalue weighted by atomic mass is 35.5. The number of benzene rings is 1. The first-order valence-corrected chi connectivity index (χ1v) is 9.15. The van der Waals surface area contributed by atoms with Gasteiger partial charge in [-0.15, -0.1) is 0 Å². The normalized spacial score (nSPS) is 11.7. The summed E-state index contributed by atoms with van der Waals surface area (Å²) >= 11 is 6.19. The molecule has 3 rings (SSSR count). The standard InChI is InChI=1S/C21H19ClN2O5/c1-12-7-9-18(29-12)20-17(28-2)10-8-15(23-20)21(27)24-16(11-19(25)26)13-5-3-4-6-14(13)22/h3-10,16H,11H2,1-2H3,(H,24,27)(H,25,26)/t16-/m0/s1. The van der Waals surface area contributed by atoms with E-state index in [1.54, 1.807) is 49.4 Å². The van der Waals surface area contributed by atoms with E-state index < -0.39 is 17.9 Å². The van der Waals surface area contributed by atoms with E-state index in [2.05, 4.69) is 10.3 Å². The first-order valence-electron chi connectivity index (χ1n) is 8.78. The molecule has 0 spiro atoms. The highest BCUT2D eigenvalue weighted by molar-refractivity contribution is 6.31. The molecule has 0 fully saturated rings. The molecule has 0 bridgehead atoms. The number of aliphatic carboxylic acids is 1. The second kappa shape index (κ2) is 8.79. The third kappa shape index (κ3) is 4.75. The zero-order chi connectivity index (χ0) is 21.0. The van der Waals surface area contributed by atoms with E-state index in [1.807, 2.05) is 0 Å². The topological polar surface area (TPSA) is 102 Å². The number of aromatic nitrogens is 1. The molecule has 8 heteroatoms. The second-order valence-electron chi connectivity index (χ2n) is 6.30. The number of carbonyl (C=O) groups excluding carboxylic acids is 1. The SMILES string of the molecule is COc1ccc(C(=O)N[C@@H](CC(=O)O)c2ccccc2Cl)nc1-c1ccc(C)o1. The molecule has 2 N–H and O–H groups in total. The van der Waals surface area contributed by atoms with Gasteiger partial charge in [0.25, 0.3) is 5.91 Å². The Morgan fingerprint density at radius 1 is 1.21 bits per heavy atom. The smallest absolute Gasteiger partial charge is 0.305 e. The second-order valence-corrected chi connectivity index (χ2v) is 6.71. The van der Waals surface area contributed by atoms with Crippen LogP contribution in [0.3, 0.4) is 0 Å². The summed E-state index contributed by atoms with van der Waals surface area (Å²) in [5.74, 6) is -0.00163. The summed E-state index contributed by atoms with van der Waals surface area (Å²) in [6.07, 6.45) is -0.324. The van der Waals surface area contributed by atoms with Crippen molar-refractivity contribution in [1.29, 1.82) is 0 Å². The van der Waals surface area contributed by atoms with E-state index >= 15 is 0 Å². The molecule has 29 heavy (non-hydrogen) atoms. The summed E-state index contributed by atoms with van der Waals surface area (Å²) in [5, 5.41) is 12.3. The number of carboxylic acids is 1. The summed E-state index contributed by atoms with van der Waals surface area (Å²) in [6, 6.07) is 12.6. The molecule has 2 heterocycles. The fourth-order valence-electron chi connectivity index (χ4n) is 2.88. The summed E-state index contributed by atoms with van der Waals surface area (Å²) in [4.78, 5) is 28.5. The van der Waals surface area contributed by atoms with Crippen LogP contribution in [0.25, 0.3) is 11.5 Å². The Labute approximate surface area is 172 Å². The number of ether oxygens (including phenoxy) is 1. The zero-order valence-corrected chi connectivity index (χ0v) is 16.6. The summed E-state index contributed by atoms with van der Waals surface area (Å²) in [5.41, 5.74) is 0.985. The van der Waals surface area contributed by atoms with Gasteiger partial charge in [0.1, 0.15) is 22.9 Å². The Kier molecular flexibility index (Phi) is 6.19. The Balaban J connectivity index is 1.92. The van der Waals surface area contributed by atoms with Gasteiger partial charge in [0.2, 0.25) is 0 Å². The number of nitrogens with one attached hydrogen (secondary N) is 1. The van der Waals surface area contributed by atoms with Crippen molar-refractivity contribution >= 4 is 23.5 Å². The quantitative estimate of drug-likeness (QED) is 0.599. The van der Waals surface area contributed by atoms with E-state index in [0.29, 0.717) is 33.6 Å². The lowest BCUT2D eigenvalue weighted by atomic mass is 10.0. The van der Waals surface area contributed by atoms with Crippen LogP contribution < -0.4 is 10.1 Å². The number of methoxy groups -OCH3 is 1. The average molecular weight is 415 g/mol. The predicted octanol–water partition coefficient (Wildman–Crippen LogP) is 4.26. The fourth-order valence-corrected chi connectivity index (χ4v) is 3.15. The van der Waals surface area contributed by atoms with Gasteiger partial charge in [-0.25, -0.2) is 4.98 Å². The first kappa shape index (κ1) is 20.4. The monoisotopic (exact) mass is 414 g/mol. The molecule has 1 aromatic carbocycles. The molecule has 1 amide bonds. The Morgan fingerprint density at radius 2 is 1.97 bits per heavy atom. The van der Waals surface area contributed by atoms with Gasteiger partial charge in [0.15, 0.2) is 5.76 Å². The number of carboxylic acid groups (broad SMARTS) is 1. The van der Waals surface area contributed by atoms with Crippen molar-refractivity contribution in [1.82, 2.24) is 10.3 Å². The lowest BCUT2D eigenvalue weighted by Gasteiger charge is -2.18. The molecule has 0 unspecified atom stereocenters. The first-order chi connectivity index (χ1) is 13.9. The van der Waals surface area contributed by atoms with Crippen LogP contribution >= 0.6 is 11.6 Å². The number of halogens is 1. The van der Waals surface area contributed by atoms with Gasteiger partial charge in [-0.3, -0.25) is 9.59 Å². The van der Waals surface area contributed by atoms with Crippen molar-refractivity contribution in [3.63, 3.8) is 0 Å². The molecule has 2 aromatic heterocycles. The zero-order valence-electron chi connectivity index (χ0n) is 15.8. The minimum atomic E-state index is -1.07. The van der Waals surface area contributed by atoms with Crippen LogP contribution in [-0.2, 0) is 4.79 Å². The fraction of sp³-hybridized carbons (Fsp3) is 0.190. The van der Waals surface area contributed by atoms with E-state index in [4.69, 9.17) is 20.8 Å². The summed E-state index contributed by atoms with van der Waals surface area (Å²) in [6.45, 7) is 1.80. The summed E-state index contributed by atoms with van der Waals surface area (Å²) < 4.78 is 10.9. The van der Waals surface area contributed by atoms with E-state index in [0.717, 1.165) is 0 Å². The lowest BCUT2D eigenvalue weighted by Crippen LogP contribution is -2.31. The van der Waals surface area contributed by atoms with Crippen molar-refractivity contribution in [3.05, 3.63) is 70.6 Å². The van der Waals surface area contributed by atoms with Crippen molar-refractivity contribution in [2.24, 2.45) is 0 Å². The highest BCUT2D eigenvalue weighted by Gasteiger charge is 2.23. The van der Waals surface area contributed by atoms with Crippen LogP contribution in [0.2, 0.25) is 5.02 Å². The number of rotatable bonds is 7. The van der Waals surface area contributed by atoms with Crippen molar-refractivity contribution in [2.45, 2.75) is 19.4 Å². The van der Waals surface area contributed by atoms with Gasteiger partial charge in [-0.1, -0.05) is 29.8 Å². The van der Waals surface area contributed by atoms with Crippen molar-refractivity contribution in [2.75, 3.05) is 7.11 Å². The molecule has 0 radical (unpaired) electrons. The number of amides is 1. The molecule has 0 saturated heterocycles. The molecule has 150 valence electrons. The molecule has 7 nitrogen and oxygen atoms in total. The Hall–Kier alpha value is -3.32. The van der Waals surface area contributed by atoms with E-state index in [9.17, 15) is 14.7 Å². The number of hydrogen-bond acceptors (Lipinski definition) is 5. The number of carbonyl (C=O) groups is 2. The molecule has 1 atom stereocenters. The number of hydrogen-bond donors (Lipinski definition) is 2. The number of pyridine rings is 1. The van der Waals surface area contributed by atoms with Gasteiger partial charge in [0.05, 0.1) is 19.6 Å². The van der Waals surface area contributed by atoms with Gasteiger partial charge >= 0.3 is 5.97 Å². The largest absolute Gasteiger partial charge is 0.494 e. The van der Waals surface area contributed by atoms with E-state index in [-0.39, 0.29) is 12.1 Å². The van der Waals surface area contributed by atoms with Crippen LogP contribution in [0.5, 0.6) is 5.75 Å². The van der Waals surface area contributed by atoms with Crippen LogP contribution in [0.4, 0.5) is 0 Å². The molecule has 0 aliphatic carbocycles. The minimum Gasteiger partial charge on any atom is -0.494 e. The van der Waals surface area contributed by atoms with Gasteiger partial charge in [-0.2, -0.15) is 0 Å². The lowest BCUT2D eigenvalue weighted by molar-refractivity contribution is -0.137. The third-order valence-electron chi connectivity index (χ3n) is 4.25. The molecule has 0 aliphatic rings. The third-order valence-corrected chi connectivity index (χ3v) is 4.59. The summed E-state index contributed by atoms with van der Waals surface area (Å²) in [7, 11) is 1.50. The maximum atomic E-state index is 12.8. The molecule has 0 aliphatic heterocycles. The number of nitrogens with zero attached hydrogens (tertiary/aromatic N) is 1. The maximum Gasteiger partial charge on any atom is 0.305 e. The maximum absolute atomic E-state index is 12.8. The molecular formula is C21H19ClN2O5. The average Bonchev–Trinajstić information content (AvgIpc) is 3.13. The Bertz CT molecular complexity index is 1050. The van der Waals surface area contributed by atoms with Crippen molar-refractivity contribution in [3.8, 4) is 17.2 Å². The number of aryl methyl sites for hydroxylation is 1. The van der Waals surface area contributed by atoms with Crippen LogP contribution in [0.1, 0.15) is 34.3 Å². The highest BCUT2D eigenvalue weighted by Crippen LogP contribution is 2.30. The Morgan fingerprint density at radius 3 is 2.59 bits per heavy atom. The molecule has 0 saturated carbocycles. The molecular weight excluding hydrogens is 396 g/mol. The van der Waals surface area contributed by atoms with Crippen LogP contribution in [0.15, 0.2) is 52.9 Å². The predicted molar refractivity (Wildman–Crippen MR) is 107 cm³/mol. The van der Waals surface area contributed by atoms with Crippen molar-refractivity contribution < 1.29 is 23.8 Å². The van der Waals surface area contributed by atoms with Gasteiger partial charge in [-0.05, 0) is 42.8 Å². The van der Waals surface area contributed by atoms with E-state index in [1.165, 1.54) is 13.2 Å². The number of furan rings is 1. The molecule has 3 aromatic rings. The van der Waals surface area contributed by atoms with Gasteiger partial charge in [0, 0.05) is 5.02 Å².